The summed E-state index contributed by atoms with van der Waals surface area (Å²) in [6, 6.07) is 9.66. The van der Waals surface area contributed by atoms with Crippen LogP contribution in [0.15, 0.2) is 30.3 Å². The first-order valence-electron chi connectivity index (χ1n) is 7.89. The molecule has 1 aromatic carbocycles. The molecular formula is C17H24N2O3. The number of ether oxygens (including phenoxy) is 1. The van der Waals surface area contributed by atoms with E-state index in [4.69, 9.17) is 4.74 Å². The molecule has 0 aromatic heterocycles. The van der Waals surface area contributed by atoms with Gasteiger partial charge in [0.25, 0.3) is 0 Å². The van der Waals surface area contributed by atoms with Crippen LogP contribution in [0.4, 0.5) is 4.79 Å². The zero-order valence-electron chi connectivity index (χ0n) is 13.0. The number of carbonyl (C=O) groups is 2. The molecule has 0 aliphatic heterocycles. The standard InChI is InChI=1S/C17H24N2O3/c1-13-7-5-6-10-15(13)19-16(20)11-18-17(21)22-12-14-8-3-2-4-9-14/h2-4,8-9,13,15H,5-7,10-12H2,1H3,(H,18,21)(H,19,20)/t13-,15-/m1/s1. The molecule has 2 amide bonds. The Morgan fingerprint density at radius 1 is 1.18 bits per heavy atom. The summed E-state index contributed by atoms with van der Waals surface area (Å²) in [6.07, 6.45) is 3.98. The van der Waals surface area contributed by atoms with E-state index in [-0.39, 0.29) is 25.1 Å². The molecule has 2 rings (SSSR count). The van der Waals surface area contributed by atoms with Crippen molar-refractivity contribution in [3.05, 3.63) is 35.9 Å². The number of hydrogen-bond acceptors (Lipinski definition) is 3. The van der Waals surface area contributed by atoms with Crippen molar-refractivity contribution in [1.82, 2.24) is 10.6 Å². The molecule has 1 aliphatic rings. The van der Waals surface area contributed by atoms with E-state index in [0.717, 1.165) is 24.8 Å². The maximum Gasteiger partial charge on any atom is 0.407 e. The lowest BCUT2D eigenvalue weighted by Crippen LogP contribution is -2.45. The first kappa shape index (κ1) is 16.3. The van der Waals surface area contributed by atoms with Gasteiger partial charge < -0.3 is 15.4 Å². The number of hydrogen-bond donors (Lipinski definition) is 2. The predicted molar refractivity (Wildman–Crippen MR) is 84.2 cm³/mol. The Hall–Kier alpha value is -2.04. The summed E-state index contributed by atoms with van der Waals surface area (Å²) in [4.78, 5) is 23.4. The molecule has 1 saturated carbocycles. The van der Waals surface area contributed by atoms with Gasteiger partial charge in [0.2, 0.25) is 5.91 Å². The second-order valence-electron chi connectivity index (χ2n) is 5.85. The van der Waals surface area contributed by atoms with Crippen molar-refractivity contribution in [2.75, 3.05) is 6.54 Å². The fourth-order valence-electron chi connectivity index (χ4n) is 2.72. The van der Waals surface area contributed by atoms with Crippen molar-refractivity contribution in [2.24, 2.45) is 5.92 Å². The van der Waals surface area contributed by atoms with Gasteiger partial charge in [-0.2, -0.15) is 0 Å². The Morgan fingerprint density at radius 2 is 1.91 bits per heavy atom. The van der Waals surface area contributed by atoms with E-state index in [1.54, 1.807) is 0 Å². The second-order valence-corrected chi connectivity index (χ2v) is 5.85. The average Bonchev–Trinajstić information content (AvgIpc) is 2.54. The van der Waals surface area contributed by atoms with Crippen LogP contribution in [-0.4, -0.2) is 24.6 Å². The predicted octanol–water partition coefficient (Wildman–Crippen LogP) is 2.61. The lowest BCUT2D eigenvalue weighted by Gasteiger charge is -2.29. The first-order chi connectivity index (χ1) is 10.6. The van der Waals surface area contributed by atoms with E-state index < -0.39 is 6.09 Å². The van der Waals surface area contributed by atoms with Gasteiger partial charge in [-0.25, -0.2) is 4.79 Å². The first-order valence-corrected chi connectivity index (χ1v) is 7.89. The van der Waals surface area contributed by atoms with E-state index >= 15 is 0 Å². The lowest BCUT2D eigenvalue weighted by molar-refractivity contribution is -0.121. The van der Waals surface area contributed by atoms with Crippen LogP contribution in [-0.2, 0) is 16.1 Å². The molecule has 120 valence electrons. The maximum atomic E-state index is 11.9. The van der Waals surface area contributed by atoms with Gasteiger partial charge in [-0.3, -0.25) is 4.79 Å². The molecule has 0 unspecified atom stereocenters. The number of rotatable bonds is 5. The largest absolute Gasteiger partial charge is 0.445 e. The molecule has 0 bridgehead atoms. The number of amides is 2. The van der Waals surface area contributed by atoms with Crippen LogP contribution < -0.4 is 10.6 Å². The molecule has 0 spiro atoms. The average molecular weight is 304 g/mol. The van der Waals surface area contributed by atoms with Crippen molar-refractivity contribution in [3.63, 3.8) is 0 Å². The van der Waals surface area contributed by atoms with Gasteiger partial charge in [-0.05, 0) is 24.3 Å². The Labute approximate surface area is 131 Å². The number of nitrogens with one attached hydrogen (secondary N) is 2. The van der Waals surface area contributed by atoms with Gasteiger partial charge >= 0.3 is 6.09 Å². The highest BCUT2D eigenvalue weighted by Gasteiger charge is 2.22. The summed E-state index contributed by atoms with van der Waals surface area (Å²) < 4.78 is 5.06. The van der Waals surface area contributed by atoms with Crippen LogP contribution in [0.3, 0.4) is 0 Å². The minimum absolute atomic E-state index is 0.0448. The Bertz CT molecular complexity index is 490. The molecule has 5 nitrogen and oxygen atoms in total. The normalized spacial score (nSPS) is 21.0. The molecule has 1 aromatic rings. The molecule has 0 heterocycles. The van der Waals surface area contributed by atoms with Crippen LogP contribution in [0.5, 0.6) is 0 Å². The van der Waals surface area contributed by atoms with Crippen LogP contribution in [0.1, 0.15) is 38.2 Å². The SMILES string of the molecule is C[C@@H]1CCCC[C@H]1NC(=O)CNC(=O)OCc1ccccc1. The van der Waals surface area contributed by atoms with E-state index in [1.807, 2.05) is 30.3 Å². The van der Waals surface area contributed by atoms with E-state index in [2.05, 4.69) is 17.6 Å². The third-order valence-corrected chi connectivity index (χ3v) is 4.06. The molecular weight excluding hydrogens is 280 g/mol. The Kier molecular flexibility index (Phi) is 6.25. The molecule has 5 heteroatoms. The molecule has 0 saturated heterocycles. The molecule has 2 atom stereocenters. The third kappa shape index (κ3) is 5.39. The van der Waals surface area contributed by atoms with Crippen molar-refractivity contribution < 1.29 is 14.3 Å². The third-order valence-electron chi connectivity index (χ3n) is 4.06. The highest BCUT2D eigenvalue weighted by Crippen LogP contribution is 2.23. The zero-order valence-corrected chi connectivity index (χ0v) is 13.0. The van der Waals surface area contributed by atoms with E-state index in [9.17, 15) is 9.59 Å². The summed E-state index contributed by atoms with van der Waals surface area (Å²) in [5, 5.41) is 5.47. The number of carbonyl (C=O) groups excluding carboxylic acids is 2. The topological polar surface area (TPSA) is 67.4 Å². The van der Waals surface area contributed by atoms with Crippen molar-refractivity contribution in [2.45, 2.75) is 45.3 Å². The quantitative estimate of drug-likeness (QED) is 0.878. The van der Waals surface area contributed by atoms with Gasteiger partial charge in [-0.15, -0.1) is 0 Å². The van der Waals surface area contributed by atoms with Crippen LogP contribution >= 0.6 is 0 Å². The summed E-state index contributed by atoms with van der Waals surface area (Å²) >= 11 is 0. The number of alkyl carbamates (subject to hydrolysis) is 1. The summed E-state index contributed by atoms with van der Waals surface area (Å²) in [5.74, 6) is 0.346. The van der Waals surface area contributed by atoms with Crippen LogP contribution in [0.25, 0.3) is 0 Å². The number of benzene rings is 1. The van der Waals surface area contributed by atoms with Crippen LogP contribution in [0, 0.1) is 5.92 Å². The lowest BCUT2D eigenvalue weighted by atomic mass is 9.86. The minimum Gasteiger partial charge on any atom is -0.445 e. The molecule has 22 heavy (non-hydrogen) atoms. The highest BCUT2D eigenvalue weighted by molar-refractivity contribution is 5.82. The molecule has 2 N–H and O–H groups in total. The van der Waals surface area contributed by atoms with Gasteiger partial charge in [0.15, 0.2) is 0 Å². The summed E-state index contributed by atoms with van der Waals surface area (Å²) in [5.41, 5.74) is 0.915. The maximum absolute atomic E-state index is 11.9. The van der Waals surface area contributed by atoms with Gasteiger partial charge in [0.05, 0.1) is 0 Å². The fourth-order valence-corrected chi connectivity index (χ4v) is 2.72. The minimum atomic E-state index is -0.573. The Balaban J connectivity index is 1.64. The summed E-state index contributed by atoms with van der Waals surface area (Å²) in [6.45, 7) is 2.32. The highest BCUT2D eigenvalue weighted by atomic mass is 16.5. The summed E-state index contributed by atoms with van der Waals surface area (Å²) in [7, 11) is 0. The molecule has 1 aliphatic carbocycles. The molecule has 1 fully saturated rings. The van der Waals surface area contributed by atoms with Crippen molar-refractivity contribution >= 4 is 12.0 Å². The van der Waals surface area contributed by atoms with Gasteiger partial charge in [0, 0.05) is 6.04 Å². The monoisotopic (exact) mass is 304 g/mol. The Morgan fingerprint density at radius 3 is 2.64 bits per heavy atom. The van der Waals surface area contributed by atoms with Gasteiger partial charge in [0.1, 0.15) is 13.2 Å². The van der Waals surface area contributed by atoms with Crippen molar-refractivity contribution in [1.29, 1.82) is 0 Å². The van der Waals surface area contributed by atoms with Crippen molar-refractivity contribution in [3.8, 4) is 0 Å². The zero-order chi connectivity index (χ0) is 15.8. The van der Waals surface area contributed by atoms with E-state index in [1.165, 1.54) is 6.42 Å². The van der Waals surface area contributed by atoms with Crippen LogP contribution in [0.2, 0.25) is 0 Å². The molecule has 0 radical (unpaired) electrons. The van der Waals surface area contributed by atoms with Gasteiger partial charge in [-0.1, -0.05) is 50.1 Å². The smallest absolute Gasteiger partial charge is 0.407 e. The fraction of sp³-hybridized carbons (Fsp3) is 0.529. The van der Waals surface area contributed by atoms with E-state index in [0.29, 0.717) is 5.92 Å². The second kappa shape index (κ2) is 8.41.